The molecule has 80 valence electrons. The molecule has 2 atom stereocenters. The molecule has 2 rings (SSSR count). The summed E-state index contributed by atoms with van der Waals surface area (Å²) in [6.07, 6.45) is 4.21. The lowest BCUT2D eigenvalue weighted by atomic mass is 9.96. The fraction of sp³-hybridized carbons (Fsp3) is 0.462. The number of benzene rings is 1. The minimum absolute atomic E-state index is 0.382. The normalized spacial score (nSPS) is 25.1. The second-order valence-electron chi connectivity index (χ2n) is 4.41. The number of amides is 1. The van der Waals surface area contributed by atoms with Crippen LogP contribution < -0.4 is 5.32 Å². The molecule has 15 heavy (non-hydrogen) atoms. The molecule has 1 aromatic carbocycles. The first-order valence-electron chi connectivity index (χ1n) is 5.56. The zero-order valence-electron chi connectivity index (χ0n) is 9.07. The fourth-order valence-corrected chi connectivity index (χ4v) is 2.46. The van der Waals surface area contributed by atoms with Crippen molar-refractivity contribution in [1.29, 1.82) is 0 Å². The number of carbonyl (C=O) groups is 1. The Morgan fingerprint density at radius 1 is 1.40 bits per heavy atom. The lowest BCUT2D eigenvalue weighted by molar-refractivity contribution is -0.110. The van der Waals surface area contributed by atoms with E-state index in [4.69, 9.17) is 0 Å². The summed E-state index contributed by atoms with van der Waals surface area (Å²) in [7, 11) is 0. The Bertz CT molecular complexity index is 348. The van der Waals surface area contributed by atoms with Gasteiger partial charge in [0, 0.05) is 6.04 Å². The summed E-state index contributed by atoms with van der Waals surface area (Å²) >= 11 is 0. The van der Waals surface area contributed by atoms with Crippen LogP contribution in [0.3, 0.4) is 0 Å². The van der Waals surface area contributed by atoms with Gasteiger partial charge in [-0.2, -0.15) is 0 Å². The van der Waals surface area contributed by atoms with Gasteiger partial charge < -0.3 is 5.32 Å². The minimum Gasteiger partial charge on any atom is -0.356 e. The van der Waals surface area contributed by atoms with Gasteiger partial charge in [0.1, 0.15) is 0 Å². The van der Waals surface area contributed by atoms with Crippen LogP contribution in [0.25, 0.3) is 0 Å². The predicted octanol–water partition coefficient (Wildman–Crippen LogP) is 2.38. The first-order chi connectivity index (χ1) is 7.29. The maximum absolute atomic E-state index is 10.3. The van der Waals surface area contributed by atoms with Gasteiger partial charge in [-0.1, -0.05) is 29.8 Å². The molecule has 1 aliphatic carbocycles. The summed E-state index contributed by atoms with van der Waals surface area (Å²) in [6, 6.07) is 9.08. The van der Waals surface area contributed by atoms with Crippen LogP contribution in [0.15, 0.2) is 24.3 Å². The molecule has 1 amide bonds. The Hall–Kier alpha value is -1.31. The summed E-state index contributed by atoms with van der Waals surface area (Å²) in [5.41, 5.74) is 2.74. The average Bonchev–Trinajstić information content (AvgIpc) is 2.67. The van der Waals surface area contributed by atoms with E-state index in [2.05, 4.69) is 36.5 Å². The van der Waals surface area contributed by atoms with Crippen LogP contribution in [-0.2, 0) is 4.79 Å². The zero-order chi connectivity index (χ0) is 10.7. The number of nitrogens with one attached hydrogen (secondary N) is 1. The molecule has 0 bridgehead atoms. The number of hydrogen-bond donors (Lipinski definition) is 1. The third-order valence-electron chi connectivity index (χ3n) is 3.25. The van der Waals surface area contributed by atoms with E-state index in [1.807, 2.05) is 0 Å². The van der Waals surface area contributed by atoms with Crippen molar-refractivity contribution in [1.82, 2.24) is 5.32 Å². The molecule has 0 radical (unpaired) electrons. The molecule has 0 aromatic heterocycles. The third kappa shape index (κ3) is 2.38. The summed E-state index contributed by atoms with van der Waals surface area (Å²) in [5.74, 6) is 0.627. The molecule has 0 heterocycles. The van der Waals surface area contributed by atoms with Crippen LogP contribution in [0.5, 0.6) is 0 Å². The molecular weight excluding hydrogens is 186 g/mol. The van der Waals surface area contributed by atoms with Crippen molar-refractivity contribution in [3.8, 4) is 0 Å². The van der Waals surface area contributed by atoms with Gasteiger partial charge in [0.2, 0.25) is 6.41 Å². The van der Waals surface area contributed by atoms with Crippen molar-refractivity contribution in [2.75, 3.05) is 0 Å². The van der Waals surface area contributed by atoms with Crippen molar-refractivity contribution >= 4 is 6.41 Å². The summed E-state index contributed by atoms with van der Waals surface area (Å²) in [5, 5.41) is 2.88. The topological polar surface area (TPSA) is 29.1 Å². The molecule has 2 nitrogen and oxygen atoms in total. The average molecular weight is 203 g/mol. The van der Waals surface area contributed by atoms with E-state index >= 15 is 0 Å². The molecule has 0 saturated heterocycles. The standard InChI is InChI=1S/C13H17NO/c1-10-3-2-4-11(7-10)12-5-6-13(8-12)14-9-15/h2-4,7,9,12-13H,5-6,8H2,1H3,(H,14,15). The van der Waals surface area contributed by atoms with Gasteiger partial charge >= 0.3 is 0 Å². The van der Waals surface area contributed by atoms with Crippen molar-refractivity contribution in [3.05, 3.63) is 35.4 Å². The van der Waals surface area contributed by atoms with Crippen LogP contribution in [0.1, 0.15) is 36.3 Å². The second kappa shape index (κ2) is 4.47. The monoisotopic (exact) mass is 203 g/mol. The Morgan fingerprint density at radius 2 is 2.27 bits per heavy atom. The predicted molar refractivity (Wildman–Crippen MR) is 60.8 cm³/mol. The highest BCUT2D eigenvalue weighted by molar-refractivity contribution is 5.46. The van der Waals surface area contributed by atoms with E-state index in [9.17, 15) is 4.79 Å². The van der Waals surface area contributed by atoms with E-state index in [0.717, 1.165) is 19.3 Å². The first kappa shape index (κ1) is 10.2. The Labute approximate surface area is 90.7 Å². The quantitative estimate of drug-likeness (QED) is 0.751. The zero-order valence-corrected chi connectivity index (χ0v) is 9.07. The van der Waals surface area contributed by atoms with E-state index in [-0.39, 0.29) is 0 Å². The van der Waals surface area contributed by atoms with Crippen molar-refractivity contribution in [2.45, 2.75) is 38.1 Å². The van der Waals surface area contributed by atoms with Gasteiger partial charge in [-0.15, -0.1) is 0 Å². The van der Waals surface area contributed by atoms with E-state index in [0.29, 0.717) is 12.0 Å². The van der Waals surface area contributed by atoms with Gasteiger partial charge in [0.05, 0.1) is 0 Å². The largest absolute Gasteiger partial charge is 0.356 e. The van der Waals surface area contributed by atoms with Gasteiger partial charge in [-0.05, 0) is 37.7 Å². The molecule has 0 aliphatic heterocycles. The lowest BCUT2D eigenvalue weighted by Crippen LogP contribution is -2.24. The molecule has 1 fully saturated rings. The highest BCUT2D eigenvalue weighted by Crippen LogP contribution is 2.34. The lowest BCUT2D eigenvalue weighted by Gasteiger charge is -2.11. The highest BCUT2D eigenvalue weighted by atomic mass is 16.1. The van der Waals surface area contributed by atoms with Gasteiger partial charge in [0.15, 0.2) is 0 Å². The summed E-state index contributed by atoms with van der Waals surface area (Å²) in [6.45, 7) is 2.12. The van der Waals surface area contributed by atoms with Gasteiger partial charge in [-0.25, -0.2) is 0 Å². The molecule has 1 N–H and O–H groups in total. The summed E-state index contributed by atoms with van der Waals surface area (Å²) < 4.78 is 0. The molecular formula is C13H17NO. The summed E-state index contributed by atoms with van der Waals surface area (Å²) in [4.78, 5) is 10.3. The van der Waals surface area contributed by atoms with Crippen molar-refractivity contribution < 1.29 is 4.79 Å². The van der Waals surface area contributed by atoms with Crippen LogP contribution in [0, 0.1) is 6.92 Å². The number of rotatable bonds is 3. The molecule has 1 aliphatic rings. The van der Waals surface area contributed by atoms with Crippen molar-refractivity contribution in [2.24, 2.45) is 0 Å². The van der Waals surface area contributed by atoms with E-state index < -0.39 is 0 Å². The number of carbonyl (C=O) groups excluding carboxylic acids is 1. The third-order valence-corrected chi connectivity index (χ3v) is 3.25. The van der Waals surface area contributed by atoms with Crippen molar-refractivity contribution in [3.63, 3.8) is 0 Å². The van der Waals surface area contributed by atoms with Crippen LogP contribution in [0.4, 0.5) is 0 Å². The van der Waals surface area contributed by atoms with Gasteiger partial charge in [0.25, 0.3) is 0 Å². The molecule has 2 heteroatoms. The maximum atomic E-state index is 10.3. The van der Waals surface area contributed by atoms with E-state index in [1.54, 1.807) is 0 Å². The van der Waals surface area contributed by atoms with Crippen LogP contribution >= 0.6 is 0 Å². The smallest absolute Gasteiger partial charge is 0.207 e. The first-order valence-corrected chi connectivity index (χ1v) is 5.56. The van der Waals surface area contributed by atoms with Crippen LogP contribution in [0.2, 0.25) is 0 Å². The number of hydrogen-bond acceptors (Lipinski definition) is 1. The van der Waals surface area contributed by atoms with E-state index in [1.165, 1.54) is 17.5 Å². The molecule has 1 aromatic rings. The molecule has 1 saturated carbocycles. The Morgan fingerprint density at radius 3 is 3.00 bits per heavy atom. The second-order valence-corrected chi connectivity index (χ2v) is 4.41. The van der Waals surface area contributed by atoms with Crippen LogP contribution in [-0.4, -0.2) is 12.5 Å². The minimum atomic E-state index is 0.382. The highest BCUT2D eigenvalue weighted by Gasteiger charge is 2.25. The fourth-order valence-electron chi connectivity index (χ4n) is 2.46. The SMILES string of the molecule is Cc1cccc(C2CCC(NC=O)C2)c1. The Kier molecular flexibility index (Phi) is 3.05. The molecule has 0 spiro atoms. The van der Waals surface area contributed by atoms with Gasteiger partial charge in [-0.3, -0.25) is 4.79 Å². The molecule has 2 unspecified atom stereocenters. The maximum Gasteiger partial charge on any atom is 0.207 e. The Balaban J connectivity index is 2.04. The number of aryl methyl sites for hydroxylation is 1.